The molecule has 0 unspecified atom stereocenters. The predicted octanol–water partition coefficient (Wildman–Crippen LogP) is 3.58. The first-order valence-corrected chi connectivity index (χ1v) is 15.6. The van der Waals surface area contributed by atoms with Gasteiger partial charge in [0, 0.05) is 6.07 Å². The van der Waals surface area contributed by atoms with Crippen LogP contribution in [0.25, 0.3) is 0 Å². The van der Waals surface area contributed by atoms with Gasteiger partial charge in [0.25, 0.3) is 30.4 Å². The Morgan fingerprint density at radius 2 is 1.40 bits per heavy atom. The first kappa shape index (κ1) is 30.7. The molecule has 0 bridgehead atoms. The number of aryl methyl sites for hydroxylation is 1. The van der Waals surface area contributed by atoms with E-state index >= 15 is 0 Å². The molecule has 0 fully saturated rings. The van der Waals surface area contributed by atoms with Crippen LogP contribution in [0.2, 0.25) is 0 Å². The zero-order valence-electron chi connectivity index (χ0n) is 20.7. The lowest BCUT2D eigenvalue weighted by atomic mass is 10.1. The van der Waals surface area contributed by atoms with Gasteiger partial charge in [0.1, 0.15) is 16.3 Å². The fourth-order valence-corrected chi connectivity index (χ4v) is 4.81. The van der Waals surface area contributed by atoms with Crippen LogP contribution in [0.3, 0.4) is 0 Å². The summed E-state index contributed by atoms with van der Waals surface area (Å²) in [5.41, 5.74) is 12.7. The van der Waals surface area contributed by atoms with Gasteiger partial charge in [-0.2, -0.15) is 30.4 Å². The van der Waals surface area contributed by atoms with Gasteiger partial charge in [-0.05, 0) is 67.4 Å². The van der Waals surface area contributed by atoms with Crippen molar-refractivity contribution < 1.29 is 43.6 Å². The number of ether oxygens (including phenoxy) is 1. The minimum atomic E-state index is -4.75. The van der Waals surface area contributed by atoms with Crippen LogP contribution >= 0.6 is 0 Å². The monoisotopic (exact) mass is 615 g/mol. The lowest BCUT2D eigenvalue weighted by Gasteiger charge is -2.12. The Hall–Kier alpha value is -3.81. The van der Waals surface area contributed by atoms with Crippen LogP contribution in [0.15, 0.2) is 74.6 Å². The smallest absolute Gasteiger partial charge is 0.296 e. The highest BCUT2D eigenvalue weighted by Gasteiger charge is 2.17. The van der Waals surface area contributed by atoms with Crippen molar-refractivity contribution in [1.29, 1.82) is 0 Å². The quantitative estimate of drug-likeness (QED) is 0.0561. The molecule has 40 heavy (non-hydrogen) atoms. The molecule has 0 aromatic heterocycles. The lowest BCUT2D eigenvalue weighted by molar-refractivity contribution is 0.318. The molecule has 3 rings (SSSR count). The van der Waals surface area contributed by atoms with Gasteiger partial charge in [-0.3, -0.25) is 13.7 Å². The third kappa shape index (κ3) is 8.86. The van der Waals surface area contributed by atoms with Crippen molar-refractivity contribution in [3.8, 4) is 5.75 Å². The number of nitrogens with two attached hydrogens (primary N) is 1. The SMILES string of the molecule is Cc1cc(N)c(OCCCS(=O)(=O)O)cc1N=Nc1ccc(NNc2ccc(S(=O)(=O)O)cc2)cc1S(=O)(=O)O. The molecule has 0 aliphatic rings. The molecule has 0 saturated heterocycles. The Morgan fingerprint density at radius 1 is 0.800 bits per heavy atom. The average molecular weight is 616 g/mol. The summed E-state index contributed by atoms with van der Waals surface area (Å²) < 4.78 is 101. The Bertz CT molecular complexity index is 1740. The first-order chi connectivity index (χ1) is 18.5. The summed E-state index contributed by atoms with van der Waals surface area (Å²) in [6, 6.07) is 11.7. The normalized spacial score (nSPS) is 12.4. The summed E-state index contributed by atoms with van der Waals surface area (Å²) >= 11 is 0. The molecular weight excluding hydrogens is 590 g/mol. The van der Waals surface area contributed by atoms with Gasteiger partial charge in [0.2, 0.25) is 0 Å². The van der Waals surface area contributed by atoms with Gasteiger partial charge in [0.05, 0.1) is 40.0 Å². The van der Waals surface area contributed by atoms with Gasteiger partial charge in [0.15, 0.2) is 0 Å². The van der Waals surface area contributed by atoms with Crippen LogP contribution < -0.4 is 21.3 Å². The van der Waals surface area contributed by atoms with Crippen molar-refractivity contribution in [3.63, 3.8) is 0 Å². The third-order valence-corrected chi connectivity index (χ3v) is 7.69. The highest BCUT2D eigenvalue weighted by molar-refractivity contribution is 7.86. The van der Waals surface area contributed by atoms with E-state index < -0.39 is 41.0 Å². The molecule has 0 amide bonds. The van der Waals surface area contributed by atoms with Crippen molar-refractivity contribution >= 4 is 58.8 Å². The molecule has 3 aromatic rings. The number of hydrazine groups is 1. The highest BCUT2D eigenvalue weighted by atomic mass is 32.2. The maximum atomic E-state index is 12.0. The lowest BCUT2D eigenvalue weighted by Crippen LogP contribution is -2.10. The summed E-state index contributed by atoms with van der Waals surface area (Å²) in [7, 11) is -13.2. The van der Waals surface area contributed by atoms with Crippen LogP contribution in [0.5, 0.6) is 5.75 Å². The molecule has 3 aromatic carbocycles. The van der Waals surface area contributed by atoms with E-state index in [2.05, 4.69) is 21.1 Å². The van der Waals surface area contributed by atoms with Crippen LogP contribution in [-0.4, -0.2) is 51.3 Å². The fraction of sp³-hybridized carbons (Fsp3) is 0.182. The molecule has 0 atom stereocenters. The second-order valence-corrected chi connectivity index (χ2v) is 12.7. The van der Waals surface area contributed by atoms with Crippen molar-refractivity contribution in [2.24, 2.45) is 10.2 Å². The van der Waals surface area contributed by atoms with Gasteiger partial charge in [-0.1, -0.05) is 0 Å². The zero-order chi connectivity index (χ0) is 29.7. The van der Waals surface area contributed by atoms with Crippen LogP contribution in [0, 0.1) is 6.92 Å². The largest absolute Gasteiger partial charge is 0.491 e. The fourth-order valence-electron chi connectivity index (χ4n) is 3.20. The van der Waals surface area contributed by atoms with Crippen LogP contribution in [0.4, 0.5) is 28.4 Å². The van der Waals surface area contributed by atoms with Crippen molar-refractivity contribution in [2.45, 2.75) is 23.1 Å². The Labute approximate surface area is 230 Å². The van der Waals surface area contributed by atoms with Crippen molar-refractivity contribution in [2.75, 3.05) is 28.9 Å². The van der Waals surface area contributed by atoms with E-state index in [1.165, 1.54) is 36.4 Å². The van der Waals surface area contributed by atoms with Gasteiger partial charge in [-0.25, -0.2) is 0 Å². The van der Waals surface area contributed by atoms with E-state index in [1.807, 2.05) is 0 Å². The number of hydrogen-bond donors (Lipinski definition) is 6. The average Bonchev–Trinajstić information content (AvgIpc) is 2.84. The Balaban J connectivity index is 1.79. The minimum absolute atomic E-state index is 0.00579. The molecule has 0 aliphatic heterocycles. The molecule has 15 nitrogen and oxygen atoms in total. The summed E-state index contributed by atoms with van der Waals surface area (Å²) in [5.74, 6) is -0.329. The molecule has 0 heterocycles. The number of nitrogens with zero attached hydrogens (tertiary/aromatic N) is 2. The number of anilines is 3. The summed E-state index contributed by atoms with van der Waals surface area (Å²) in [6.07, 6.45) is 0.00579. The maximum absolute atomic E-state index is 12.0. The molecule has 0 saturated carbocycles. The standard InChI is InChI=1S/C22H25N5O10S3/c1-14-11-18(23)21(37-9-2-10-38(28,29)30)13-20(14)27-26-19-8-5-16(12-22(19)40(34,35)36)25-24-15-3-6-17(7-4-15)39(31,32)33/h3-8,11-13,24-25H,2,9-10,23H2,1H3,(H,28,29,30)(H,31,32,33)(H,34,35,36). The van der Waals surface area contributed by atoms with Gasteiger partial charge < -0.3 is 21.3 Å². The Kier molecular flexibility index (Phi) is 9.33. The number of azo groups is 1. The van der Waals surface area contributed by atoms with Gasteiger partial charge in [-0.15, -0.1) is 5.11 Å². The van der Waals surface area contributed by atoms with Crippen LogP contribution in [0.1, 0.15) is 12.0 Å². The summed E-state index contributed by atoms with van der Waals surface area (Å²) in [4.78, 5) is -0.881. The summed E-state index contributed by atoms with van der Waals surface area (Å²) in [5, 5.41) is 7.99. The minimum Gasteiger partial charge on any atom is -0.491 e. The Morgan fingerprint density at radius 3 is 2.00 bits per heavy atom. The van der Waals surface area contributed by atoms with E-state index in [4.69, 9.17) is 19.6 Å². The molecule has 0 aliphatic carbocycles. The highest BCUT2D eigenvalue weighted by Crippen LogP contribution is 2.34. The number of rotatable bonds is 12. The van der Waals surface area contributed by atoms with E-state index in [0.29, 0.717) is 11.3 Å². The number of hydrogen-bond acceptors (Lipinski definition) is 12. The van der Waals surface area contributed by atoms with Crippen molar-refractivity contribution in [3.05, 3.63) is 60.2 Å². The molecule has 0 radical (unpaired) electrons. The maximum Gasteiger partial charge on any atom is 0.296 e. The third-order valence-electron chi connectivity index (χ3n) is 5.14. The molecule has 216 valence electrons. The van der Waals surface area contributed by atoms with E-state index in [1.54, 1.807) is 6.92 Å². The van der Waals surface area contributed by atoms with Gasteiger partial charge >= 0.3 is 0 Å². The van der Waals surface area contributed by atoms with E-state index in [0.717, 1.165) is 18.2 Å². The molecular formula is C22H25N5O10S3. The zero-order valence-corrected chi connectivity index (χ0v) is 23.2. The number of benzene rings is 3. The van der Waals surface area contributed by atoms with Crippen molar-refractivity contribution in [1.82, 2.24) is 0 Å². The summed E-state index contributed by atoms with van der Waals surface area (Å²) in [6.45, 7) is 1.60. The first-order valence-electron chi connectivity index (χ1n) is 11.1. The predicted molar refractivity (Wildman–Crippen MR) is 146 cm³/mol. The molecule has 7 N–H and O–H groups in total. The van der Waals surface area contributed by atoms with Crippen LogP contribution in [-0.2, 0) is 30.4 Å². The van der Waals surface area contributed by atoms with E-state index in [9.17, 15) is 29.8 Å². The molecule has 0 spiro atoms. The second kappa shape index (κ2) is 12.1. The number of nitrogens with one attached hydrogen (secondary N) is 2. The number of nitrogen functional groups attached to an aromatic ring is 1. The van der Waals surface area contributed by atoms with E-state index in [-0.39, 0.29) is 46.4 Å². The molecule has 18 heteroatoms. The topological polar surface area (TPSA) is 247 Å². The second-order valence-electron chi connectivity index (χ2n) is 8.27.